The number of aliphatic hydroxyl groups excluding tert-OH is 8. The van der Waals surface area contributed by atoms with E-state index in [1.54, 1.807) is 45.0 Å². The molecule has 3 fully saturated rings. The van der Waals surface area contributed by atoms with Crippen LogP contribution in [0, 0.1) is 0 Å². The van der Waals surface area contributed by atoms with Gasteiger partial charge in [0.05, 0.1) is 39.1 Å². The van der Waals surface area contributed by atoms with Crippen molar-refractivity contribution in [1.29, 1.82) is 0 Å². The molecule has 696 valence electrons. The second-order valence-electron chi connectivity index (χ2n) is 30.3. The number of unbranched alkanes of at least 4 members (excludes halogenated alkanes) is 9. The molecule has 3 aliphatic heterocycles. The highest BCUT2D eigenvalue weighted by atomic mass is 32.3. The molecule has 3 saturated heterocycles. The van der Waals surface area contributed by atoms with E-state index in [1.807, 2.05) is 20.8 Å². The second kappa shape index (κ2) is 54.5. The molecule has 6 heterocycles. The Kier molecular flexibility index (Phi) is 46.3. The van der Waals surface area contributed by atoms with E-state index in [-0.39, 0.29) is 109 Å². The summed E-state index contributed by atoms with van der Waals surface area (Å²) in [4.78, 5) is 157. The monoisotopic (exact) mass is 1800 g/mol. The molecular weight excluding hydrogens is 1700 g/mol. The first-order valence-electron chi connectivity index (χ1n) is 39.6. The molecule has 6 amide bonds. The molecule has 44 nitrogen and oxygen atoms in total. The smallest absolute Gasteiger partial charge is 0.407 e. The summed E-state index contributed by atoms with van der Waals surface area (Å²) in [7, 11) is -5.03. The van der Waals surface area contributed by atoms with Crippen molar-refractivity contribution in [3.05, 3.63) is 121 Å². The van der Waals surface area contributed by atoms with Gasteiger partial charge in [0.15, 0.2) is 6.10 Å². The van der Waals surface area contributed by atoms with Crippen molar-refractivity contribution in [1.82, 2.24) is 31.9 Å². The Morgan fingerprint density at radius 3 is 0.952 bits per heavy atom. The fourth-order valence-corrected chi connectivity index (χ4v) is 12.5. The van der Waals surface area contributed by atoms with Gasteiger partial charge in [-0.3, -0.25) is 23.7 Å². The Morgan fingerprint density at radius 1 is 0.397 bits per heavy atom. The molecule has 15 N–H and O–H groups in total. The van der Waals surface area contributed by atoms with Crippen LogP contribution < -0.4 is 63.0 Å². The molecular formula is C81H108N6O38S. The first-order valence-corrected chi connectivity index (χ1v) is 41.0. The Balaban J connectivity index is 0.000000379. The third-order valence-electron chi connectivity index (χ3n) is 17.8. The summed E-state index contributed by atoms with van der Waals surface area (Å²) < 4.78 is 94.4. The minimum absolute atomic E-state index is 0.000629. The molecule has 0 aliphatic carbocycles. The van der Waals surface area contributed by atoms with Crippen LogP contribution in [0.15, 0.2) is 100 Å². The number of nitrogens with one attached hydrogen (secondary N) is 6. The number of hydrogen-bond acceptors (Lipinski definition) is 37. The number of ether oxygens (including phenoxy) is 8. The molecule has 45 heteroatoms. The highest BCUT2D eigenvalue weighted by Gasteiger charge is 2.45. The van der Waals surface area contributed by atoms with Crippen LogP contribution in [0.4, 0.5) is 9.59 Å². The number of benzene rings is 3. The van der Waals surface area contributed by atoms with Gasteiger partial charge in [0.2, 0.25) is 42.5 Å². The number of amides is 6. The largest absolute Gasteiger partial charge is 0.462 e. The quantitative estimate of drug-likeness (QED) is 0.0148. The van der Waals surface area contributed by atoms with Gasteiger partial charge in [-0.15, -0.1) is 0 Å². The molecule has 12 unspecified atom stereocenters. The fraction of sp³-hybridized carbons (Fsp3) is 0.556. The summed E-state index contributed by atoms with van der Waals surface area (Å²) in [6.45, 7) is 14.6. The summed E-state index contributed by atoms with van der Waals surface area (Å²) in [5.74, 6) is -0.347. The SMILES string of the molecule is CC(=O)NCCCCCCNC(=O)Cc1cc(=O)oc2cc(OC3OCC(O)C(O)C3O)ccc12.CC(C)(C)OC(=O)NCCCCCCNC(=O)Cc1cc(=O)oc2cc(OC3OCC(O)C(O)C3O)ccc12.CC(C)(C)OC(=O)NCCCCCCNC(=O)Cc1cc(=O)oc2cc(OC3OCC(O)C(O)C3OS(=O)(=O)O)ccc12.O=C=O.O=C=O.O=C=O. The molecule has 0 saturated carbocycles. The number of fused-ring (bicyclic) bond motifs is 3. The van der Waals surface area contributed by atoms with Crippen LogP contribution >= 0.6 is 0 Å². The maximum absolute atomic E-state index is 12.6. The molecule has 0 radical (unpaired) electrons. The maximum Gasteiger partial charge on any atom is 0.407 e. The van der Waals surface area contributed by atoms with Crippen molar-refractivity contribution < 1.29 is 167 Å². The van der Waals surface area contributed by atoms with Crippen LogP contribution in [-0.2, 0) is 105 Å². The van der Waals surface area contributed by atoms with E-state index in [2.05, 4.69) is 36.1 Å². The van der Waals surface area contributed by atoms with Crippen LogP contribution in [0.5, 0.6) is 17.2 Å². The lowest BCUT2D eigenvalue weighted by Gasteiger charge is -2.36. The highest BCUT2D eigenvalue weighted by molar-refractivity contribution is 7.80. The van der Waals surface area contributed by atoms with Crippen molar-refractivity contribution in [2.24, 2.45) is 0 Å². The zero-order valence-electron chi connectivity index (χ0n) is 70.1. The van der Waals surface area contributed by atoms with Gasteiger partial charge in [-0.2, -0.15) is 37.2 Å². The predicted octanol–water partition coefficient (Wildman–Crippen LogP) is 0.752. The summed E-state index contributed by atoms with van der Waals surface area (Å²) in [6, 6.07) is 17.3. The Bertz CT molecular complexity index is 4860. The lowest BCUT2D eigenvalue weighted by Crippen LogP contribution is -2.56. The number of carbonyl (C=O) groups excluding carboxylic acids is 12. The van der Waals surface area contributed by atoms with Crippen LogP contribution in [0.3, 0.4) is 0 Å². The summed E-state index contributed by atoms with van der Waals surface area (Å²) in [6.07, 6.45) is -7.38. The van der Waals surface area contributed by atoms with Gasteiger partial charge < -0.3 is 124 Å². The summed E-state index contributed by atoms with van der Waals surface area (Å²) in [5, 5.41) is 97.0. The third kappa shape index (κ3) is 40.3. The van der Waals surface area contributed by atoms with Gasteiger partial charge in [0, 0.05) is 98.7 Å². The van der Waals surface area contributed by atoms with Crippen molar-refractivity contribution >= 4 is 97.6 Å². The predicted molar refractivity (Wildman–Crippen MR) is 431 cm³/mol. The van der Waals surface area contributed by atoms with Crippen LogP contribution in [0.2, 0.25) is 0 Å². The van der Waals surface area contributed by atoms with Crippen LogP contribution in [0.1, 0.15) is 142 Å². The topological polar surface area (TPSA) is 667 Å². The van der Waals surface area contributed by atoms with Crippen LogP contribution in [0.25, 0.3) is 32.9 Å². The molecule has 3 aliphatic rings. The molecule has 9 rings (SSSR count). The molecule has 12 atom stereocenters. The summed E-state index contributed by atoms with van der Waals surface area (Å²) >= 11 is 0. The lowest BCUT2D eigenvalue weighted by molar-refractivity contribution is -0.242. The van der Waals surface area contributed by atoms with E-state index in [1.165, 1.54) is 55.5 Å². The first kappa shape index (κ1) is 107. The van der Waals surface area contributed by atoms with E-state index in [0.29, 0.717) is 72.1 Å². The first-order chi connectivity index (χ1) is 59.5. The molecule has 3 aromatic heterocycles. The number of rotatable bonds is 35. The van der Waals surface area contributed by atoms with E-state index in [0.717, 1.165) is 77.0 Å². The Labute approximate surface area is 720 Å². The van der Waals surface area contributed by atoms with E-state index < -0.39 is 131 Å². The molecule has 0 bridgehead atoms. The normalized spacial score (nSPS) is 20.1. The number of carbonyl (C=O) groups is 6. The molecule has 6 aromatic rings. The lowest BCUT2D eigenvalue weighted by atomic mass is 10.1. The average Bonchev–Trinajstić information content (AvgIpc) is 0.798. The van der Waals surface area contributed by atoms with E-state index in [9.17, 15) is 92.4 Å². The zero-order chi connectivity index (χ0) is 93.9. The van der Waals surface area contributed by atoms with Crippen molar-refractivity contribution in [3.63, 3.8) is 0 Å². The number of hydrogen-bond donors (Lipinski definition) is 15. The molecule has 126 heavy (non-hydrogen) atoms. The van der Waals surface area contributed by atoms with Gasteiger partial charge >= 0.3 is 57.9 Å². The zero-order valence-corrected chi connectivity index (χ0v) is 70.9. The Hall–Kier alpha value is -11.3. The van der Waals surface area contributed by atoms with Crippen molar-refractivity contribution in [2.75, 3.05) is 59.1 Å². The highest BCUT2D eigenvalue weighted by Crippen LogP contribution is 2.31. The van der Waals surface area contributed by atoms with Gasteiger partial charge in [0.25, 0.3) is 0 Å². The van der Waals surface area contributed by atoms with Gasteiger partial charge in [-0.1, -0.05) is 38.5 Å². The number of alkyl carbamates (subject to hydrolysis) is 2. The second-order valence-corrected chi connectivity index (χ2v) is 31.3. The van der Waals surface area contributed by atoms with Gasteiger partial charge in [0.1, 0.15) is 94.0 Å². The third-order valence-corrected chi connectivity index (χ3v) is 18.2. The van der Waals surface area contributed by atoms with E-state index in [4.69, 9.17) is 84.5 Å². The van der Waals surface area contributed by atoms with Gasteiger partial charge in [-0.25, -0.2) is 28.2 Å². The number of aliphatic hydroxyl groups is 8. The summed E-state index contributed by atoms with van der Waals surface area (Å²) in [5.41, 5.74) is -1.19. The Morgan fingerprint density at radius 2 is 0.667 bits per heavy atom. The molecule has 0 spiro atoms. The minimum Gasteiger partial charge on any atom is -0.462 e. The average molecular weight is 1810 g/mol. The molecule has 3 aromatic carbocycles. The fourth-order valence-electron chi connectivity index (χ4n) is 12.0. The standard InChI is InChI=1S/C27H38N2O13S.C27H38N2O10.C24H32N2O9.3CO2/c1-27(2,3)41-26(34)29-11-7-5-4-6-10-28-21(31)12-16-13-22(32)40-20-14-17(8-9-18(16)20)39-25-24(42-43(35,36)37)23(33)19(30)15-38-25;1-27(2,3)39-26(35)29-11-7-5-4-6-10-28-21(31)12-16-13-22(32)38-20-14-17(8-9-18(16)20)37-25-24(34)23(33)19(30)15-36-25;1-14(27)25-8-4-2-3-5-9-26-20(29)10-15-11-21(30)35-19-12-16(6-7-17(15)19)34-24-23(32)22(31)18(28)13-33-24;3*2-1-3/h8-9,13-14,19,23-25,30,33H,4-7,10-12,15H2,1-3H3,(H,28,31)(H,29,34)(H,35,36,37);8-9,13-14,19,23-25,30,33-34H,4-7,10-12,15H2,1-3H3,(H,28,31)(H,29,35);6-7,11-12,18,22-24,28,31-32H,2-5,8-10,13H2,1H3,(H,25,27)(H,26,29);;;. The maximum atomic E-state index is 12.6. The van der Waals surface area contributed by atoms with Crippen molar-refractivity contribution in [2.45, 2.75) is 230 Å². The minimum atomic E-state index is -5.03. The van der Waals surface area contributed by atoms with Gasteiger partial charge in [-0.05, 0) is 133 Å². The van der Waals surface area contributed by atoms with Crippen molar-refractivity contribution in [3.8, 4) is 17.2 Å². The van der Waals surface area contributed by atoms with E-state index >= 15 is 0 Å². The van der Waals surface area contributed by atoms with Crippen LogP contribution in [-0.4, -0.2) is 252 Å².